The summed E-state index contributed by atoms with van der Waals surface area (Å²) in [5.74, 6) is -0.290. The fraction of sp³-hybridized carbons (Fsp3) is 0.333. The number of sulfone groups is 1. The molecule has 2 aromatic rings. The molecule has 0 aliphatic rings. The third-order valence-electron chi connectivity index (χ3n) is 4.53. The first-order valence-electron chi connectivity index (χ1n) is 9.35. The molecule has 0 radical (unpaired) electrons. The second-order valence-corrected chi connectivity index (χ2v) is 9.53. The summed E-state index contributed by atoms with van der Waals surface area (Å²) >= 11 is 11.9. The van der Waals surface area contributed by atoms with E-state index in [1.165, 1.54) is 18.2 Å². The second kappa shape index (κ2) is 11.3. The highest BCUT2D eigenvalue weighted by Crippen LogP contribution is 2.29. The highest BCUT2D eigenvalue weighted by molar-refractivity contribution is 7.91. The Morgan fingerprint density at radius 1 is 1.17 bits per heavy atom. The van der Waals surface area contributed by atoms with Gasteiger partial charge in [0.05, 0.1) is 26.6 Å². The van der Waals surface area contributed by atoms with Crippen molar-refractivity contribution in [3.8, 4) is 6.07 Å². The van der Waals surface area contributed by atoms with Crippen LogP contribution in [-0.4, -0.2) is 45.2 Å². The van der Waals surface area contributed by atoms with Gasteiger partial charge in [0.15, 0.2) is 9.84 Å². The van der Waals surface area contributed by atoms with Crippen molar-refractivity contribution in [2.45, 2.75) is 24.2 Å². The molecule has 0 aromatic heterocycles. The van der Waals surface area contributed by atoms with Crippen LogP contribution in [0, 0.1) is 11.3 Å². The predicted octanol–water partition coefficient (Wildman–Crippen LogP) is 3.67. The number of hydrogen-bond acceptors (Lipinski definition) is 5. The minimum Gasteiger partial charge on any atom is -0.345 e. The SMILES string of the molecule is CN(CCc1ccc(C#N)cc1)C(=O)CCCNCS(=O)(=O)c1cccc(Cl)c1Cl. The van der Waals surface area contributed by atoms with Crippen LogP contribution in [0.4, 0.5) is 0 Å². The first-order valence-corrected chi connectivity index (χ1v) is 11.8. The molecule has 2 rings (SSSR count). The van der Waals surface area contributed by atoms with Gasteiger partial charge in [0, 0.05) is 20.0 Å². The van der Waals surface area contributed by atoms with Gasteiger partial charge in [0.2, 0.25) is 5.91 Å². The minimum absolute atomic E-state index is 0.00816. The zero-order chi connectivity index (χ0) is 22.1. The summed E-state index contributed by atoms with van der Waals surface area (Å²) in [6.45, 7) is 0.951. The van der Waals surface area contributed by atoms with Crippen molar-refractivity contribution >= 4 is 38.9 Å². The molecule has 0 atom stereocenters. The average Bonchev–Trinajstić information content (AvgIpc) is 2.73. The molecule has 9 heteroatoms. The van der Waals surface area contributed by atoms with Gasteiger partial charge in [-0.25, -0.2) is 8.42 Å². The van der Waals surface area contributed by atoms with E-state index in [0.717, 1.165) is 5.56 Å². The topological polar surface area (TPSA) is 90.3 Å². The van der Waals surface area contributed by atoms with Crippen LogP contribution in [0.2, 0.25) is 10.0 Å². The fourth-order valence-corrected chi connectivity index (χ4v) is 4.68. The lowest BCUT2D eigenvalue weighted by Gasteiger charge is -2.17. The molecule has 0 bridgehead atoms. The Hall–Kier alpha value is -2.11. The lowest BCUT2D eigenvalue weighted by molar-refractivity contribution is -0.129. The standard InChI is InChI=1S/C21H23Cl2N3O3S/c1-26(13-11-16-7-9-17(14-24)10-8-16)20(27)6-3-12-25-15-30(28,29)19-5-2-4-18(22)21(19)23/h2,4-5,7-10,25H,3,6,11-13,15H2,1H3. The molecule has 0 aliphatic carbocycles. The summed E-state index contributed by atoms with van der Waals surface area (Å²) in [6, 6.07) is 13.8. The van der Waals surface area contributed by atoms with E-state index in [-0.39, 0.29) is 26.7 Å². The third kappa shape index (κ3) is 6.99. The van der Waals surface area contributed by atoms with E-state index in [9.17, 15) is 13.2 Å². The smallest absolute Gasteiger partial charge is 0.222 e. The van der Waals surface area contributed by atoms with Crippen molar-refractivity contribution in [1.82, 2.24) is 10.2 Å². The van der Waals surface area contributed by atoms with Crippen molar-refractivity contribution in [1.29, 1.82) is 5.26 Å². The molecular weight excluding hydrogens is 445 g/mol. The highest BCUT2D eigenvalue weighted by atomic mass is 35.5. The number of carbonyl (C=O) groups is 1. The zero-order valence-electron chi connectivity index (χ0n) is 16.6. The van der Waals surface area contributed by atoms with Crippen LogP contribution in [0.1, 0.15) is 24.0 Å². The van der Waals surface area contributed by atoms with Crippen molar-refractivity contribution in [2.24, 2.45) is 0 Å². The van der Waals surface area contributed by atoms with Gasteiger partial charge >= 0.3 is 0 Å². The molecule has 0 saturated heterocycles. The van der Waals surface area contributed by atoms with E-state index in [2.05, 4.69) is 11.4 Å². The zero-order valence-corrected chi connectivity index (χ0v) is 18.9. The second-order valence-electron chi connectivity index (χ2n) is 6.79. The molecule has 0 fully saturated rings. The van der Waals surface area contributed by atoms with Crippen molar-refractivity contribution < 1.29 is 13.2 Å². The van der Waals surface area contributed by atoms with Crippen molar-refractivity contribution in [3.63, 3.8) is 0 Å². The average molecular weight is 468 g/mol. The summed E-state index contributed by atoms with van der Waals surface area (Å²) in [5, 5.41) is 11.9. The van der Waals surface area contributed by atoms with Crippen molar-refractivity contribution in [2.75, 3.05) is 26.0 Å². The molecule has 1 amide bonds. The molecular formula is C21H23Cl2N3O3S. The van der Waals surface area contributed by atoms with Crippen LogP contribution in [-0.2, 0) is 21.1 Å². The lowest BCUT2D eigenvalue weighted by Crippen LogP contribution is -2.30. The number of rotatable bonds is 10. The summed E-state index contributed by atoms with van der Waals surface area (Å²) < 4.78 is 24.7. The van der Waals surface area contributed by atoms with Gasteiger partial charge in [-0.15, -0.1) is 0 Å². The monoisotopic (exact) mass is 467 g/mol. The highest BCUT2D eigenvalue weighted by Gasteiger charge is 2.19. The normalized spacial score (nSPS) is 11.1. The van der Waals surface area contributed by atoms with Crippen LogP contribution in [0.15, 0.2) is 47.4 Å². The molecule has 0 spiro atoms. The third-order valence-corrected chi connectivity index (χ3v) is 7.06. The number of likely N-dealkylation sites (N-methyl/N-ethyl adjacent to an activating group) is 1. The van der Waals surface area contributed by atoms with E-state index < -0.39 is 9.84 Å². The Morgan fingerprint density at radius 2 is 1.87 bits per heavy atom. The first kappa shape index (κ1) is 24.2. The number of nitrogens with one attached hydrogen (secondary N) is 1. The quantitative estimate of drug-likeness (QED) is 0.538. The Morgan fingerprint density at radius 3 is 2.53 bits per heavy atom. The van der Waals surface area contributed by atoms with E-state index in [0.29, 0.717) is 37.9 Å². The molecule has 1 N–H and O–H groups in total. The lowest BCUT2D eigenvalue weighted by atomic mass is 10.1. The Bertz CT molecular complexity index is 1020. The Kier molecular flexibility index (Phi) is 9.12. The maximum atomic E-state index is 12.4. The van der Waals surface area contributed by atoms with Gasteiger partial charge in [-0.2, -0.15) is 5.26 Å². The van der Waals surface area contributed by atoms with Crippen LogP contribution < -0.4 is 5.32 Å². The molecule has 2 aromatic carbocycles. The van der Waals surface area contributed by atoms with E-state index in [1.807, 2.05) is 12.1 Å². The number of nitriles is 1. The Labute approximate surface area is 187 Å². The van der Waals surface area contributed by atoms with E-state index >= 15 is 0 Å². The molecule has 30 heavy (non-hydrogen) atoms. The fourth-order valence-electron chi connectivity index (χ4n) is 2.73. The largest absolute Gasteiger partial charge is 0.345 e. The first-order chi connectivity index (χ1) is 14.2. The number of benzene rings is 2. The molecule has 6 nitrogen and oxygen atoms in total. The van der Waals surface area contributed by atoms with Crippen LogP contribution >= 0.6 is 23.2 Å². The molecule has 160 valence electrons. The van der Waals surface area contributed by atoms with Gasteiger partial charge in [-0.3, -0.25) is 4.79 Å². The summed E-state index contributed by atoms with van der Waals surface area (Å²) in [6.07, 6.45) is 1.53. The minimum atomic E-state index is -3.62. The number of nitrogens with zero attached hydrogens (tertiary/aromatic N) is 2. The Balaban J connectivity index is 1.71. The summed E-state index contributed by atoms with van der Waals surface area (Å²) in [7, 11) is -1.88. The van der Waals surface area contributed by atoms with E-state index in [4.69, 9.17) is 28.5 Å². The van der Waals surface area contributed by atoms with Crippen LogP contribution in [0.3, 0.4) is 0 Å². The maximum Gasteiger partial charge on any atom is 0.222 e. The van der Waals surface area contributed by atoms with Crippen LogP contribution in [0.25, 0.3) is 0 Å². The molecule has 0 heterocycles. The number of hydrogen-bond donors (Lipinski definition) is 1. The molecule has 0 unspecified atom stereocenters. The van der Waals surface area contributed by atoms with E-state index in [1.54, 1.807) is 24.1 Å². The predicted molar refractivity (Wildman–Crippen MR) is 118 cm³/mol. The number of halogens is 2. The summed E-state index contributed by atoms with van der Waals surface area (Å²) in [4.78, 5) is 13.9. The summed E-state index contributed by atoms with van der Waals surface area (Å²) in [5.41, 5.74) is 1.66. The molecule has 0 aliphatic heterocycles. The van der Waals surface area contributed by atoms with Gasteiger partial charge in [-0.1, -0.05) is 41.4 Å². The van der Waals surface area contributed by atoms with Crippen molar-refractivity contribution in [3.05, 3.63) is 63.6 Å². The number of carbonyl (C=O) groups excluding carboxylic acids is 1. The number of amides is 1. The molecule has 0 saturated carbocycles. The van der Waals surface area contributed by atoms with Crippen LogP contribution in [0.5, 0.6) is 0 Å². The van der Waals surface area contributed by atoms with Gasteiger partial charge < -0.3 is 10.2 Å². The van der Waals surface area contributed by atoms with Gasteiger partial charge in [-0.05, 0) is 49.2 Å². The van der Waals surface area contributed by atoms with Gasteiger partial charge in [0.25, 0.3) is 0 Å². The maximum absolute atomic E-state index is 12.4. The van der Waals surface area contributed by atoms with Gasteiger partial charge in [0.1, 0.15) is 5.88 Å².